The van der Waals surface area contributed by atoms with Gasteiger partial charge in [0.15, 0.2) is 11.5 Å². The van der Waals surface area contributed by atoms with Crippen molar-refractivity contribution in [1.29, 1.82) is 0 Å². The van der Waals surface area contributed by atoms with Crippen molar-refractivity contribution in [2.24, 2.45) is 5.10 Å². The Labute approximate surface area is 238 Å². The highest BCUT2D eigenvalue weighted by Crippen LogP contribution is 2.37. The van der Waals surface area contributed by atoms with E-state index in [4.69, 9.17) is 26.1 Å². The number of halogens is 2. The number of fused-ring (bicyclic) bond motifs is 1. The van der Waals surface area contributed by atoms with Gasteiger partial charge in [0.2, 0.25) is 0 Å². The van der Waals surface area contributed by atoms with Gasteiger partial charge in [-0.1, -0.05) is 60.4 Å². The van der Waals surface area contributed by atoms with Crippen molar-refractivity contribution in [2.45, 2.75) is 39.7 Å². The molecule has 0 N–H and O–H groups in total. The Kier molecular flexibility index (Phi) is 8.36. The number of rotatable bonds is 8. The highest BCUT2D eigenvalue weighted by molar-refractivity contribution is 9.10. The molecule has 1 heterocycles. The number of non-ortho nitro benzene ring substituents is 1. The van der Waals surface area contributed by atoms with Gasteiger partial charge in [-0.25, -0.2) is 4.98 Å². The molecule has 0 aliphatic carbocycles. The number of hydrogen-bond donors (Lipinski definition) is 0. The molecule has 0 unspecified atom stereocenters. The number of nitrogens with zero attached hydrogens (tertiary/aromatic N) is 4. The number of aromatic nitrogens is 2. The van der Waals surface area contributed by atoms with Crippen LogP contribution in [0.4, 0.5) is 5.69 Å². The fourth-order valence-electron chi connectivity index (χ4n) is 3.85. The Bertz CT molecular complexity index is 1650. The molecule has 0 spiro atoms. The molecule has 0 aliphatic rings. The van der Waals surface area contributed by atoms with Gasteiger partial charge in [0.1, 0.15) is 12.4 Å². The van der Waals surface area contributed by atoms with E-state index in [-0.39, 0.29) is 22.9 Å². The molecule has 3 aromatic carbocycles. The predicted octanol–water partition coefficient (Wildman–Crippen LogP) is 6.88. The number of ether oxygens (including phenoxy) is 2. The standard InChI is InChI=1S/C28H26BrClN4O5/c1-5-38-24-13-18(12-22(30)25(24)39-16-17-7-6-8-20(11-17)34(36)37)15-31-33-26(35)21-14-19(29)9-10-23(21)32-27(33)28(2,3)4/h6-15H,5,16H2,1-4H3. The Morgan fingerprint density at radius 3 is 2.62 bits per heavy atom. The first-order valence-electron chi connectivity index (χ1n) is 12.1. The quantitative estimate of drug-likeness (QED) is 0.122. The van der Waals surface area contributed by atoms with Gasteiger partial charge in [-0.3, -0.25) is 14.9 Å². The van der Waals surface area contributed by atoms with Crippen LogP contribution in [0.2, 0.25) is 5.02 Å². The van der Waals surface area contributed by atoms with Gasteiger partial charge < -0.3 is 9.47 Å². The van der Waals surface area contributed by atoms with Gasteiger partial charge in [0.05, 0.1) is 33.7 Å². The lowest BCUT2D eigenvalue weighted by Crippen LogP contribution is -2.29. The number of nitro benzene ring substituents is 1. The van der Waals surface area contributed by atoms with E-state index >= 15 is 0 Å². The highest BCUT2D eigenvalue weighted by Gasteiger charge is 2.23. The van der Waals surface area contributed by atoms with Crippen molar-refractivity contribution in [3.05, 3.63) is 102 Å². The van der Waals surface area contributed by atoms with Crippen molar-refractivity contribution in [3.63, 3.8) is 0 Å². The summed E-state index contributed by atoms with van der Waals surface area (Å²) in [6, 6.07) is 14.9. The fourth-order valence-corrected chi connectivity index (χ4v) is 4.48. The second-order valence-electron chi connectivity index (χ2n) is 9.69. The Morgan fingerprint density at radius 1 is 1.15 bits per heavy atom. The molecule has 0 amide bonds. The lowest BCUT2D eigenvalue weighted by Gasteiger charge is -2.21. The second-order valence-corrected chi connectivity index (χ2v) is 11.0. The molecule has 0 aliphatic heterocycles. The summed E-state index contributed by atoms with van der Waals surface area (Å²) in [6.45, 7) is 8.11. The lowest BCUT2D eigenvalue weighted by molar-refractivity contribution is -0.384. The number of hydrogen-bond acceptors (Lipinski definition) is 7. The summed E-state index contributed by atoms with van der Waals surface area (Å²) in [5, 5.41) is 16.3. The number of nitro groups is 1. The third-order valence-corrected chi connectivity index (χ3v) is 6.41. The Hall–Kier alpha value is -3.76. The van der Waals surface area contributed by atoms with E-state index in [2.05, 4.69) is 21.0 Å². The normalized spacial score (nSPS) is 11.7. The summed E-state index contributed by atoms with van der Waals surface area (Å²) in [5.74, 6) is 1.18. The largest absolute Gasteiger partial charge is 0.490 e. The molecule has 202 valence electrons. The van der Waals surface area contributed by atoms with E-state index in [9.17, 15) is 14.9 Å². The van der Waals surface area contributed by atoms with Crippen LogP contribution < -0.4 is 15.0 Å². The summed E-state index contributed by atoms with van der Waals surface area (Å²) < 4.78 is 13.7. The van der Waals surface area contributed by atoms with E-state index in [1.54, 1.807) is 36.4 Å². The van der Waals surface area contributed by atoms with E-state index in [0.717, 1.165) is 4.47 Å². The molecule has 1 aromatic heterocycles. The number of benzene rings is 3. The van der Waals surface area contributed by atoms with E-state index < -0.39 is 10.3 Å². The predicted molar refractivity (Wildman–Crippen MR) is 155 cm³/mol. The van der Waals surface area contributed by atoms with Crippen LogP contribution in [0.1, 0.15) is 44.6 Å². The van der Waals surface area contributed by atoms with Crippen molar-refractivity contribution in [3.8, 4) is 11.5 Å². The van der Waals surface area contributed by atoms with Crippen molar-refractivity contribution in [2.75, 3.05) is 6.61 Å². The minimum atomic E-state index is -0.462. The summed E-state index contributed by atoms with van der Waals surface area (Å²) in [5.41, 5.74) is 0.988. The van der Waals surface area contributed by atoms with Crippen LogP contribution in [0.25, 0.3) is 10.9 Å². The van der Waals surface area contributed by atoms with Gasteiger partial charge in [0.25, 0.3) is 11.2 Å². The monoisotopic (exact) mass is 612 g/mol. The third-order valence-electron chi connectivity index (χ3n) is 5.64. The van der Waals surface area contributed by atoms with Crippen LogP contribution in [-0.2, 0) is 12.0 Å². The van der Waals surface area contributed by atoms with Crippen molar-refractivity contribution >= 4 is 50.3 Å². The molecule has 11 heteroatoms. The summed E-state index contributed by atoms with van der Waals surface area (Å²) >= 11 is 9.98. The van der Waals surface area contributed by atoms with Gasteiger partial charge in [-0.05, 0) is 48.4 Å². The second kappa shape index (κ2) is 11.5. The highest BCUT2D eigenvalue weighted by atomic mass is 79.9. The van der Waals surface area contributed by atoms with Crippen LogP contribution >= 0.6 is 27.5 Å². The van der Waals surface area contributed by atoms with Crippen LogP contribution in [0.3, 0.4) is 0 Å². The maximum absolute atomic E-state index is 13.4. The van der Waals surface area contributed by atoms with Gasteiger partial charge >= 0.3 is 0 Å². The molecule has 0 fully saturated rings. The van der Waals surface area contributed by atoms with Crippen molar-refractivity contribution < 1.29 is 14.4 Å². The molecular formula is C28H26BrClN4O5. The average Bonchev–Trinajstić information content (AvgIpc) is 2.87. The minimum absolute atomic E-state index is 0.0285. The molecule has 0 radical (unpaired) electrons. The van der Waals surface area contributed by atoms with Crippen LogP contribution in [0, 0.1) is 10.1 Å². The fraction of sp³-hybridized carbons (Fsp3) is 0.250. The first-order chi connectivity index (χ1) is 18.5. The van der Waals surface area contributed by atoms with Crippen LogP contribution in [-0.4, -0.2) is 27.4 Å². The molecule has 0 bridgehead atoms. The first-order valence-corrected chi connectivity index (χ1v) is 13.2. The molecule has 0 saturated carbocycles. The summed E-state index contributed by atoms with van der Waals surface area (Å²) in [4.78, 5) is 28.8. The zero-order valence-corrected chi connectivity index (χ0v) is 24.1. The maximum Gasteiger partial charge on any atom is 0.282 e. The van der Waals surface area contributed by atoms with E-state index in [1.807, 2.05) is 33.8 Å². The van der Waals surface area contributed by atoms with Gasteiger partial charge in [-0.2, -0.15) is 9.78 Å². The molecular weight excluding hydrogens is 588 g/mol. The maximum atomic E-state index is 13.4. The minimum Gasteiger partial charge on any atom is -0.490 e. The molecule has 0 atom stereocenters. The zero-order valence-electron chi connectivity index (χ0n) is 21.8. The summed E-state index contributed by atoms with van der Waals surface area (Å²) in [7, 11) is 0. The molecule has 39 heavy (non-hydrogen) atoms. The third kappa shape index (κ3) is 6.46. The van der Waals surface area contributed by atoms with Crippen LogP contribution in [0.15, 0.2) is 69.0 Å². The topological polar surface area (TPSA) is 109 Å². The Balaban J connectivity index is 1.71. The smallest absolute Gasteiger partial charge is 0.282 e. The first kappa shape index (κ1) is 28.3. The molecule has 4 aromatic rings. The Morgan fingerprint density at radius 2 is 1.92 bits per heavy atom. The van der Waals surface area contributed by atoms with Gasteiger partial charge in [-0.15, -0.1) is 0 Å². The van der Waals surface area contributed by atoms with Gasteiger partial charge in [0, 0.05) is 22.0 Å². The summed E-state index contributed by atoms with van der Waals surface area (Å²) in [6.07, 6.45) is 1.51. The van der Waals surface area contributed by atoms with Crippen molar-refractivity contribution in [1.82, 2.24) is 9.66 Å². The average molecular weight is 614 g/mol. The van der Waals surface area contributed by atoms with E-state index in [1.165, 1.54) is 23.0 Å². The van der Waals surface area contributed by atoms with E-state index in [0.29, 0.717) is 46.0 Å². The lowest BCUT2D eigenvalue weighted by atomic mass is 9.95. The SMILES string of the molecule is CCOc1cc(C=Nn2c(C(C)(C)C)nc3ccc(Br)cc3c2=O)cc(Cl)c1OCc1cccc([N+](=O)[O-])c1. The molecule has 0 saturated heterocycles. The zero-order chi connectivity index (χ0) is 28.3. The molecule has 4 rings (SSSR count). The van der Waals surface area contributed by atoms with Crippen LogP contribution in [0.5, 0.6) is 11.5 Å². The molecule has 9 nitrogen and oxygen atoms in total.